The lowest BCUT2D eigenvalue weighted by Gasteiger charge is -2.14. The average Bonchev–Trinajstić information content (AvgIpc) is 2.27. The second-order valence-electron chi connectivity index (χ2n) is 4.07. The van der Waals surface area contributed by atoms with Crippen molar-refractivity contribution in [1.29, 1.82) is 0 Å². The highest BCUT2D eigenvalue weighted by molar-refractivity contribution is 5.61. The van der Waals surface area contributed by atoms with E-state index < -0.39 is 4.92 Å². The van der Waals surface area contributed by atoms with Crippen molar-refractivity contribution in [2.75, 3.05) is 10.7 Å². The normalized spacial score (nSPS) is 12.0. The van der Waals surface area contributed by atoms with Crippen LogP contribution >= 0.6 is 0 Å². The van der Waals surface area contributed by atoms with Crippen LogP contribution in [0.15, 0.2) is 0 Å². The van der Waals surface area contributed by atoms with Crippen molar-refractivity contribution in [1.82, 2.24) is 9.97 Å². The quantitative estimate of drug-likeness (QED) is 0.400. The van der Waals surface area contributed by atoms with Gasteiger partial charge in [0.15, 0.2) is 0 Å². The lowest BCUT2D eigenvalue weighted by Crippen LogP contribution is -2.19. The van der Waals surface area contributed by atoms with Crippen LogP contribution in [-0.2, 0) is 0 Å². The number of rotatable bonds is 6. The first-order valence-electron chi connectivity index (χ1n) is 5.75. The Hall–Kier alpha value is -1.96. The number of nitrogens with two attached hydrogens (primary N) is 1. The van der Waals surface area contributed by atoms with Crippen LogP contribution in [0.4, 0.5) is 17.5 Å². The van der Waals surface area contributed by atoms with E-state index in [2.05, 4.69) is 20.7 Å². The van der Waals surface area contributed by atoms with Crippen LogP contribution in [0.3, 0.4) is 0 Å². The zero-order chi connectivity index (χ0) is 13.7. The number of nitro groups is 1. The number of anilines is 2. The van der Waals surface area contributed by atoms with E-state index in [0.717, 1.165) is 12.8 Å². The lowest BCUT2D eigenvalue weighted by molar-refractivity contribution is -0.385. The van der Waals surface area contributed by atoms with Crippen molar-refractivity contribution in [3.63, 3.8) is 0 Å². The summed E-state index contributed by atoms with van der Waals surface area (Å²) >= 11 is 0. The van der Waals surface area contributed by atoms with Crippen molar-refractivity contribution in [3.8, 4) is 0 Å². The molecule has 8 heteroatoms. The van der Waals surface area contributed by atoms with Gasteiger partial charge in [0.2, 0.25) is 11.8 Å². The molecule has 0 aliphatic carbocycles. The third-order valence-corrected chi connectivity index (χ3v) is 2.47. The second kappa shape index (κ2) is 6.10. The summed E-state index contributed by atoms with van der Waals surface area (Å²) in [6.45, 7) is 5.54. The van der Waals surface area contributed by atoms with Gasteiger partial charge in [-0.05, 0) is 20.3 Å². The second-order valence-corrected chi connectivity index (χ2v) is 4.07. The Morgan fingerprint density at radius 3 is 2.67 bits per heavy atom. The number of aromatic nitrogens is 2. The lowest BCUT2D eigenvalue weighted by atomic mass is 10.2. The number of hydrogen-bond donors (Lipinski definition) is 3. The van der Waals surface area contributed by atoms with Crippen LogP contribution in [0.1, 0.15) is 32.4 Å². The standard InChI is InChI=1S/C10H18N6O2/c1-4-5-6(2)12-9-8(16(17)18)7(3)13-10(14-9)15-11/h6H,4-5,11H2,1-3H3,(H2,12,13,14,15). The highest BCUT2D eigenvalue weighted by Gasteiger charge is 2.22. The van der Waals surface area contributed by atoms with Crippen molar-refractivity contribution in [2.45, 2.75) is 39.7 Å². The predicted molar refractivity (Wildman–Crippen MR) is 69.2 cm³/mol. The Kier molecular flexibility index (Phi) is 4.78. The molecule has 0 aliphatic heterocycles. The van der Waals surface area contributed by atoms with Crippen LogP contribution in [0, 0.1) is 17.0 Å². The van der Waals surface area contributed by atoms with E-state index in [1.54, 1.807) is 6.92 Å². The Labute approximate surface area is 105 Å². The summed E-state index contributed by atoms with van der Waals surface area (Å²) in [5, 5.41) is 14.0. The molecule has 18 heavy (non-hydrogen) atoms. The maximum Gasteiger partial charge on any atom is 0.332 e. The summed E-state index contributed by atoms with van der Waals surface area (Å²) in [5.41, 5.74) is 2.45. The minimum Gasteiger partial charge on any atom is -0.362 e. The fraction of sp³-hybridized carbons (Fsp3) is 0.600. The summed E-state index contributed by atoms with van der Waals surface area (Å²) in [4.78, 5) is 18.4. The molecule has 0 aromatic carbocycles. The Morgan fingerprint density at radius 2 is 2.17 bits per heavy atom. The summed E-state index contributed by atoms with van der Waals surface area (Å²) < 4.78 is 0. The molecule has 100 valence electrons. The van der Waals surface area contributed by atoms with E-state index in [1.807, 2.05) is 13.8 Å². The van der Waals surface area contributed by atoms with Gasteiger partial charge in [-0.15, -0.1) is 0 Å². The zero-order valence-electron chi connectivity index (χ0n) is 10.7. The molecule has 4 N–H and O–H groups in total. The van der Waals surface area contributed by atoms with Gasteiger partial charge in [-0.25, -0.2) is 10.8 Å². The highest BCUT2D eigenvalue weighted by atomic mass is 16.6. The third-order valence-electron chi connectivity index (χ3n) is 2.47. The van der Waals surface area contributed by atoms with Gasteiger partial charge in [-0.1, -0.05) is 13.3 Å². The van der Waals surface area contributed by atoms with Gasteiger partial charge >= 0.3 is 5.69 Å². The monoisotopic (exact) mass is 254 g/mol. The molecule has 0 radical (unpaired) electrons. The van der Waals surface area contributed by atoms with Gasteiger partial charge in [0.1, 0.15) is 5.69 Å². The molecule has 0 aliphatic rings. The molecule has 0 bridgehead atoms. The maximum absolute atomic E-state index is 11.0. The van der Waals surface area contributed by atoms with Crippen LogP contribution in [0.2, 0.25) is 0 Å². The van der Waals surface area contributed by atoms with Crippen LogP contribution in [0.25, 0.3) is 0 Å². The van der Waals surface area contributed by atoms with Crippen molar-refractivity contribution >= 4 is 17.5 Å². The number of aryl methyl sites for hydroxylation is 1. The highest BCUT2D eigenvalue weighted by Crippen LogP contribution is 2.27. The van der Waals surface area contributed by atoms with E-state index in [9.17, 15) is 10.1 Å². The molecule has 1 heterocycles. The van der Waals surface area contributed by atoms with Gasteiger partial charge < -0.3 is 5.32 Å². The van der Waals surface area contributed by atoms with Crippen LogP contribution < -0.4 is 16.6 Å². The van der Waals surface area contributed by atoms with Crippen molar-refractivity contribution in [2.24, 2.45) is 5.84 Å². The smallest absolute Gasteiger partial charge is 0.332 e. The minimum absolute atomic E-state index is 0.0913. The van der Waals surface area contributed by atoms with Gasteiger partial charge in [-0.2, -0.15) is 4.98 Å². The summed E-state index contributed by atoms with van der Waals surface area (Å²) in [6.07, 6.45) is 1.87. The number of hydrogen-bond acceptors (Lipinski definition) is 7. The van der Waals surface area contributed by atoms with E-state index in [0.29, 0.717) is 0 Å². The van der Waals surface area contributed by atoms with Crippen molar-refractivity contribution in [3.05, 3.63) is 15.8 Å². The first-order valence-corrected chi connectivity index (χ1v) is 5.75. The Morgan fingerprint density at radius 1 is 1.50 bits per heavy atom. The Bertz CT molecular complexity index is 437. The van der Waals surface area contributed by atoms with E-state index >= 15 is 0 Å². The molecular formula is C10H18N6O2. The fourth-order valence-electron chi connectivity index (χ4n) is 1.69. The molecule has 8 nitrogen and oxygen atoms in total. The predicted octanol–water partition coefficient (Wildman–Crippen LogP) is 1.58. The number of nitrogens with zero attached hydrogens (tertiary/aromatic N) is 3. The number of nitrogens with one attached hydrogen (secondary N) is 2. The Balaban J connectivity index is 3.13. The number of hydrazine groups is 1. The maximum atomic E-state index is 11.0. The molecule has 0 saturated heterocycles. The molecule has 0 saturated carbocycles. The van der Waals surface area contributed by atoms with Gasteiger partial charge in [0.25, 0.3) is 0 Å². The van der Waals surface area contributed by atoms with Crippen LogP contribution in [-0.4, -0.2) is 20.9 Å². The summed E-state index contributed by atoms with van der Waals surface area (Å²) in [7, 11) is 0. The van der Waals surface area contributed by atoms with Gasteiger partial charge in [-0.3, -0.25) is 15.5 Å². The topological polar surface area (TPSA) is 119 Å². The molecule has 1 rings (SSSR count). The molecule has 0 amide bonds. The first kappa shape index (κ1) is 14.1. The first-order chi connectivity index (χ1) is 8.49. The fourth-order valence-corrected chi connectivity index (χ4v) is 1.69. The molecular weight excluding hydrogens is 236 g/mol. The molecule has 1 aromatic heterocycles. The third kappa shape index (κ3) is 3.27. The SMILES string of the molecule is CCCC(C)Nc1nc(NN)nc(C)c1[N+](=O)[O-]. The van der Waals surface area contributed by atoms with Gasteiger partial charge in [0.05, 0.1) is 4.92 Å². The molecule has 1 atom stereocenters. The van der Waals surface area contributed by atoms with Crippen LogP contribution in [0.5, 0.6) is 0 Å². The largest absolute Gasteiger partial charge is 0.362 e. The zero-order valence-corrected chi connectivity index (χ0v) is 10.7. The molecule has 0 fully saturated rings. The van der Waals surface area contributed by atoms with Crippen molar-refractivity contribution < 1.29 is 4.92 Å². The van der Waals surface area contributed by atoms with E-state index in [-0.39, 0.29) is 29.2 Å². The molecule has 0 spiro atoms. The molecule has 1 aromatic rings. The minimum atomic E-state index is -0.489. The number of nitrogen functional groups attached to an aromatic ring is 1. The average molecular weight is 254 g/mol. The molecule has 1 unspecified atom stereocenters. The van der Waals surface area contributed by atoms with E-state index in [1.165, 1.54) is 0 Å². The summed E-state index contributed by atoms with van der Waals surface area (Å²) in [5.74, 6) is 5.58. The summed E-state index contributed by atoms with van der Waals surface area (Å²) in [6, 6.07) is 0.0913. The van der Waals surface area contributed by atoms with E-state index in [4.69, 9.17) is 5.84 Å². The van der Waals surface area contributed by atoms with Gasteiger partial charge in [0, 0.05) is 6.04 Å².